The maximum absolute atomic E-state index is 9.12. The SMILES string of the molecule is OCC[C@@H]1[C@H]2CNC[C@@]12c1ccc(Cl)c(Cl)c1. The molecule has 1 saturated carbocycles. The van der Waals surface area contributed by atoms with E-state index < -0.39 is 0 Å². The molecular formula is C13H15Cl2NO. The maximum atomic E-state index is 9.12. The van der Waals surface area contributed by atoms with Gasteiger partial charge in [0.05, 0.1) is 10.0 Å². The Morgan fingerprint density at radius 3 is 2.88 bits per heavy atom. The predicted octanol–water partition coefficient (Wildman–Crippen LogP) is 2.46. The summed E-state index contributed by atoms with van der Waals surface area (Å²) in [7, 11) is 0. The first-order valence-corrected chi connectivity index (χ1v) is 6.73. The van der Waals surface area contributed by atoms with Gasteiger partial charge in [0.1, 0.15) is 0 Å². The zero-order chi connectivity index (χ0) is 12.0. The average molecular weight is 272 g/mol. The molecule has 3 rings (SSSR count). The number of aliphatic hydroxyl groups excluding tert-OH is 1. The monoisotopic (exact) mass is 271 g/mol. The van der Waals surface area contributed by atoms with Gasteiger partial charge < -0.3 is 10.4 Å². The third-order valence-electron chi connectivity index (χ3n) is 4.38. The quantitative estimate of drug-likeness (QED) is 0.886. The molecule has 0 radical (unpaired) electrons. The fourth-order valence-corrected chi connectivity index (χ4v) is 3.84. The summed E-state index contributed by atoms with van der Waals surface area (Å²) >= 11 is 12.1. The standard InChI is InChI=1S/C13H15Cl2NO/c14-11-2-1-8(5-12(11)15)13-7-16-6-10(13)9(13)3-4-17/h1-2,5,9-10,16-17H,3-4,6-7H2/t9-,10-,13-/m1/s1. The highest BCUT2D eigenvalue weighted by molar-refractivity contribution is 6.42. The lowest BCUT2D eigenvalue weighted by Gasteiger charge is -2.16. The predicted molar refractivity (Wildman–Crippen MR) is 69.7 cm³/mol. The number of aliphatic hydroxyl groups is 1. The van der Waals surface area contributed by atoms with E-state index in [-0.39, 0.29) is 12.0 Å². The van der Waals surface area contributed by atoms with Crippen molar-refractivity contribution in [1.82, 2.24) is 5.32 Å². The van der Waals surface area contributed by atoms with Crippen molar-refractivity contribution in [1.29, 1.82) is 0 Å². The Bertz CT molecular complexity index is 451. The van der Waals surface area contributed by atoms with Crippen molar-refractivity contribution in [2.45, 2.75) is 11.8 Å². The maximum Gasteiger partial charge on any atom is 0.0595 e. The molecule has 0 spiro atoms. The molecule has 17 heavy (non-hydrogen) atoms. The van der Waals surface area contributed by atoms with Gasteiger partial charge in [-0.25, -0.2) is 0 Å². The number of hydrogen-bond acceptors (Lipinski definition) is 2. The lowest BCUT2D eigenvalue weighted by molar-refractivity contribution is 0.270. The Labute approximate surface area is 111 Å². The van der Waals surface area contributed by atoms with Crippen molar-refractivity contribution in [2.24, 2.45) is 11.8 Å². The topological polar surface area (TPSA) is 32.3 Å². The molecule has 0 unspecified atom stereocenters. The Hall–Kier alpha value is -0.280. The highest BCUT2D eigenvalue weighted by Gasteiger charge is 2.66. The van der Waals surface area contributed by atoms with Crippen molar-refractivity contribution in [3.8, 4) is 0 Å². The van der Waals surface area contributed by atoms with E-state index in [4.69, 9.17) is 28.3 Å². The summed E-state index contributed by atoms with van der Waals surface area (Å²) in [5.41, 5.74) is 1.46. The van der Waals surface area contributed by atoms with Gasteiger partial charge in [-0.15, -0.1) is 0 Å². The van der Waals surface area contributed by atoms with E-state index in [1.54, 1.807) is 0 Å². The number of halogens is 2. The molecule has 2 fully saturated rings. The number of rotatable bonds is 3. The van der Waals surface area contributed by atoms with Crippen LogP contribution in [0.15, 0.2) is 18.2 Å². The molecule has 0 bridgehead atoms. The molecule has 0 amide bonds. The molecule has 1 aromatic rings. The first kappa shape index (κ1) is 11.8. The third kappa shape index (κ3) is 1.62. The second-order valence-corrected chi connectivity index (χ2v) is 5.84. The van der Waals surface area contributed by atoms with Gasteiger partial charge in [-0.05, 0) is 42.5 Å². The normalized spacial score (nSPS) is 34.8. The second-order valence-electron chi connectivity index (χ2n) is 5.03. The van der Waals surface area contributed by atoms with E-state index in [1.807, 2.05) is 12.1 Å². The minimum Gasteiger partial charge on any atom is -0.396 e. The van der Waals surface area contributed by atoms with Crippen LogP contribution in [0.1, 0.15) is 12.0 Å². The summed E-state index contributed by atoms with van der Waals surface area (Å²) in [6.07, 6.45) is 0.882. The van der Waals surface area contributed by atoms with Gasteiger partial charge in [0.15, 0.2) is 0 Å². The van der Waals surface area contributed by atoms with Crippen LogP contribution in [0, 0.1) is 11.8 Å². The van der Waals surface area contributed by atoms with Crippen molar-refractivity contribution in [3.05, 3.63) is 33.8 Å². The zero-order valence-corrected chi connectivity index (χ0v) is 10.9. The van der Waals surface area contributed by atoms with Gasteiger partial charge in [0, 0.05) is 18.6 Å². The largest absolute Gasteiger partial charge is 0.396 e. The molecule has 0 aromatic heterocycles. The van der Waals surface area contributed by atoms with Gasteiger partial charge >= 0.3 is 0 Å². The fraction of sp³-hybridized carbons (Fsp3) is 0.538. The molecule has 2 aliphatic rings. The first-order valence-electron chi connectivity index (χ1n) is 5.97. The summed E-state index contributed by atoms with van der Waals surface area (Å²) in [4.78, 5) is 0. The minimum absolute atomic E-state index is 0.191. The Kier molecular flexibility index (Phi) is 2.86. The van der Waals surface area contributed by atoms with E-state index in [0.717, 1.165) is 19.5 Å². The van der Waals surface area contributed by atoms with Crippen LogP contribution in [0.4, 0.5) is 0 Å². The number of piperidine rings is 1. The van der Waals surface area contributed by atoms with Gasteiger partial charge in [-0.1, -0.05) is 29.3 Å². The Morgan fingerprint density at radius 1 is 1.35 bits per heavy atom. The lowest BCUT2D eigenvalue weighted by Crippen LogP contribution is -2.23. The summed E-state index contributed by atoms with van der Waals surface area (Å²) < 4.78 is 0. The molecule has 2 N–H and O–H groups in total. The highest BCUT2D eigenvalue weighted by atomic mass is 35.5. The highest BCUT2D eigenvalue weighted by Crippen LogP contribution is 2.63. The summed E-state index contributed by atoms with van der Waals surface area (Å²) in [5, 5.41) is 13.8. The molecule has 3 atom stereocenters. The van der Waals surface area contributed by atoms with Crippen molar-refractivity contribution in [2.75, 3.05) is 19.7 Å². The van der Waals surface area contributed by atoms with Gasteiger partial charge in [0.2, 0.25) is 0 Å². The van der Waals surface area contributed by atoms with Crippen molar-refractivity contribution in [3.63, 3.8) is 0 Å². The molecule has 1 aliphatic heterocycles. The molecular weight excluding hydrogens is 257 g/mol. The van der Waals surface area contributed by atoms with Crippen LogP contribution in [-0.2, 0) is 5.41 Å². The van der Waals surface area contributed by atoms with Crippen LogP contribution in [0.5, 0.6) is 0 Å². The fourth-order valence-electron chi connectivity index (χ4n) is 3.54. The number of nitrogens with one attached hydrogen (secondary N) is 1. The molecule has 4 heteroatoms. The van der Waals surface area contributed by atoms with Gasteiger partial charge in [0.25, 0.3) is 0 Å². The molecule has 2 nitrogen and oxygen atoms in total. The summed E-state index contributed by atoms with van der Waals surface area (Å²) in [5.74, 6) is 1.23. The number of fused-ring (bicyclic) bond motifs is 1. The van der Waals surface area contributed by atoms with Crippen LogP contribution in [0.25, 0.3) is 0 Å². The van der Waals surface area contributed by atoms with E-state index in [9.17, 15) is 0 Å². The Balaban J connectivity index is 1.94. The minimum atomic E-state index is 0.191. The van der Waals surface area contributed by atoms with E-state index >= 15 is 0 Å². The van der Waals surface area contributed by atoms with Crippen molar-refractivity contribution >= 4 is 23.2 Å². The molecule has 92 valence electrons. The molecule has 1 heterocycles. The zero-order valence-electron chi connectivity index (χ0n) is 9.42. The van der Waals surface area contributed by atoms with Gasteiger partial charge in [-0.2, -0.15) is 0 Å². The smallest absolute Gasteiger partial charge is 0.0595 e. The number of hydrogen-bond donors (Lipinski definition) is 2. The first-order chi connectivity index (χ1) is 8.20. The lowest BCUT2D eigenvalue weighted by atomic mass is 9.92. The Morgan fingerprint density at radius 2 is 2.18 bits per heavy atom. The summed E-state index contributed by atoms with van der Waals surface area (Å²) in [6, 6.07) is 5.94. The van der Waals surface area contributed by atoms with E-state index in [2.05, 4.69) is 11.4 Å². The van der Waals surface area contributed by atoms with E-state index in [1.165, 1.54) is 5.56 Å². The molecule has 1 aliphatic carbocycles. The van der Waals surface area contributed by atoms with Crippen molar-refractivity contribution < 1.29 is 5.11 Å². The van der Waals surface area contributed by atoms with Crippen LogP contribution < -0.4 is 5.32 Å². The third-order valence-corrected chi connectivity index (χ3v) is 5.12. The number of benzene rings is 1. The van der Waals surface area contributed by atoms with Crippen LogP contribution in [-0.4, -0.2) is 24.8 Å². The van der Waals surface area contributed by atoms with Gasteiger partial charge in [-0.3, -0.25) is 0 Å². The second kappa shape index (κ2) is 4.13. The summed E-state index contributed by atoms with van der Waals surface area (Å²) in [6.45, 7) is 2.30. The van der Waals surface area contributed by atoms with Crippen LogP contribution in [0.3, 0.4) is 0 Å². The van der Waals surface area contributed by atoms with Crippen LogP contribution >= 0.6 is 23.2 Å². The van der Waals surface area contributed by atoms with E-state index in [0.29, 0.717) is 21.9 Å². The molecule has 1 aromatic carbocycles. The molecule has 1 saturated heterocycles. The van der Waals surface area contributed by atoms with Crippen LogP contribution in [0.2, 0.25) is 10.0 Å². The average Bonchev–Trinajstić information content (AvgIpc) is 2.72.